The third-order valence-corrected chi connectivity index (χ3v) is 6.43. The zero-order valence-electron chi connectivity index (χ0n) is 16.0. The van der Waals surface area contributed by atoms with Crippen LogP contribution in [0.1, 0.15) is 36.8 Å². The van der Waals surface area contributed by atoms with Gasteiger partial charge in [0.2, 0.25) is 11.8 Å². The number of rotatable bonds is 0. The smallest absolute Gasteiger partial charge is 0.328 e. The van der Waals surface area contributed by atoms with Gasteiger partial charge in [0.05, 0.1) is 11.6 Å². The third kappa shape index (κ3) is 2.36. The van der Waals surface area contributed by atoms with E-state index in [1.165, 1.54) is 4.40 Å². The number of carbonyl (C=O) groups excluding carboxylic acids is 3. The van der Waals surface area contributed by atoms with E-state index in [1.54, 1.807) is 12.3 Å². The standard InChI is InChI=1S/C20H21N5O4/c1-11-6-5-9-25-14(11)21-15-12(16(25)26)10-20(13-7-3-2-4-8-24(13)15)17(27)22-19(29)23-18(20)28/h5-6,9,13H,2-4,7-8,10H2,1H3,(H2,22,23,27,28,29)/t13-/m0/s1. The number of amides is 4. The summed E-state index contributed by atoms with van der Waals surface area (Å²) in [5, 5.41) is 4.51. The maximum atomic E-state index is 13.4. The highest BCUT2D eigenvalue weighted by molar-refractivity contribution is 6.20. The first-order chi connectivity index (χ1) is 13.9. The highest BCUT2D eigenvalue weighted by Gasteiger charge is 2.60. The summed E-state index contributed by atoms with van der Waals surface area (Å²) in [6.07, 6.45) is 4.89. The van der Waals surface area contributed by atoms with E-state index in [2.05, 4.69) is 10.6 Å². The van der Waals surface area contributed by atoms with Gasteiger partial charge in [0.25, 0.3) is 5.56 Å². The number of hydrogen-bond donors (Lipinski definition) is 2. The van der Waals surface area contributed by atoms with Gasteiger partial charge in [-0.15, -0.1) is 0 Å². The molecule has 9 heteroatoms. The number of nitrogens with zero attached hydrogens (tertiary/aromatic N) is 3. The molecule has 4 amide bonds. The summed E-state index contributed by atoms with van der Waals surface area (Å²) in [5.41, 5.74) is -0.0238. The topological polar surface area (TPSA) is 113 Å². The van der Waals surface area contributed by atoms with Crippen LogP contribution in [0.5, 0.6) is 0 Å². The molecule has 0 saturated carbocycles. The van der Waals surface area contributed by atoms with Crippen LogP contribution < -0.4 is 21.1 Å². The summed E-state index contributed by atoms with van der Waals surface area (Å²) in [4.78, 5) is 57.9. The van der Waals surface area contributed by atoms with Crippen molar-refractivity contribution in [3.8, 4) is 0 Å². The van der Waals surface area contributed by atoms with Gasteiger partial charge < -0.3 is 4.90 Å². The van der Waals surface area contributed by atoms with Gasteiger partial charge in [-0.2, -0.15) is 0 Å². The average Bonchev–Trinajstić information content (AvgIpc) is 2.94. The summed E-state index contributed by atoms with van der Waals surface area (Å²) < 4.78 is 1.46. The first-order valence-electron chi connectivity index (χ1n) is 9.88. The Balaban J connectivity index is 1.80. The lowest BCUT2D eigenvalue weighted by atomic mass is 9.68. The summed E-state index contributed by atoms with van der Waals surface area (Å²) in [5.74, 6) is -0.718. The number of carbonyl (C=O) groups is 3. The van der Waals surface area contributed by atoms with E-state index in [4.69, 9.17) is 4.98 Å². The highest BCUT2D eigenvalue weighted by atomic mass is 16.2. The quantitative estimate of drug-likeness (QED) is 0.634. The number of barbiturate groups is 1. The normalized spacial score (nSPS) is 23.3. The molecular weight excluding hydrogens is 374 g/mol. The van der Waals surface area contributed by atoms with E-state index in [0.29, 0.717) is 30.0 Å². The number of aryl methyl sites for hydroxylation is 1. The number of nitrogens with one attached hydrogen (secondary N) is 2. The number of hydrogen-bond acceptors (Lipinski definition) is 6. The fourth-order valence-electron chi connectivity index (χ4n) is 5.01. The summed E-state index contributed by atoms with van der Waals surface area (Å²) in [6.45, 7) is 2.49. The lowest BCUT2D eigenvalue weighted by Gasteiger charge is -2.48. The van der Waals surface area contributed by atoms with Crippen LogP contribution in [0.3, 0.4) is 0 Å². The molecule has 0 unspecified atom stereocenters. The van der Waals surface area contributed by atoms with Crippen molar-refractivity contribution in [3.05, 3.63) is 39.8 Å². The van der Waals surface area contributed by atoms with Gasteiger partial charge >= 0.3 is 6.03 Å². The molecule has 0 aliphatic carbocycles. The van der Waals surface area contributed by atoms with Gasteiger partial charge in [0.15, 0.2) is 5.41 Å². The molecule has 0 radical (unpaired) electrons. The fraction of sp³-hybridized carbons (Fsp3) is 0.450. The zero-order chi connectivity index (χ0) is 20.3. The van der Waals surface area contributed by atoms with Crippen LogP contribution in [0, 0.1) is 12.3 Å². The van der Waals surface area contributed by atoms with Gasteiger partial charge in [-0.25, -0.2) is 9.78 Å². The molecule has 9 nitrogen and oxygen atoms in total. The third-order valence-electron chi connectivity index (χ3n) is 6.43. The van der Waals surface area contributed by atoms with E-state index in [9.17, 15) is 19.2 Å². The van der Waals surface area contributed by atoms with Crippen LogP contribution >= 0.6 is 0 Å². The minimum absolute atomic E-state index is 0.0723. The molecule has 1 spiro atoms. The van der Waals surface area contributed by atoms with Crippen LogP contribution in [0.25, 0.3) is 5.65 Å². The Morgan fingerprint density at radius 2 is 1.86 bits per heavy atom. The summed E-state index contributed by atoms with van der Waals surface area (Å²) >= 11 is 0. The minimum Gasteiger partial charge on any atom is -0.352 e. The van der Waals surface area contributed by atoms with Crippen molar-refractivity contribution < 1.29 is 14.4 Å². The predicted molar refractivity (Wildman–Crippen MR) is 104 cm³/mol. The average molecular weight is 395 g/mol. The van der Waals surface area contributed by atoms with E-state index < -0.39 is 29.3 Å². The Kier molecular flexibility index (Phi) is 3.77. The van der Waals surface area contributed by atoms with Crippen LogP contribution in [0.2, 0.25) is 0 Å². The van der Waals surface area contributed by atoms with E-state index in [0.717, 1.165) is 24.8 Å². The van der Waals surface area contributed by atoms with E-state index in [-0.39, 0.29) is 12.0 Å². The molecule has 5 heterocycles. The van der Waals surface area contributed by atoms with Gasteiger partial charge in [-0.3, -0.25) is 29.4 Å². The molecule has 3 aliphatic heterocycles. The number of imide groups is 2. The van der Waals surface area contributed by atoms with Crippen molar-refractivity contribution in [2.24, 2.45) is 5.41 Å². The highest BCUT2D eigenvalue weighted by Crippen LogP contribution is 2.44. The fourth-order valence-corrected chi connectivity index (χ4v) is 5.01. The molecule has 2 aromatic rings. The Bertz CT molecular complexity index is 1120. The SMILES string of the molecule is Cc1cccn2c(=O)c3c(nc12)N1CCCCC[C@H]1C1(C3)C(=O)NC(=O)NC1=O. The molecular formula is C20H21N5O4. The zero-order valence-corrected chi connectivity index (χ0v) is 16.0. The number of aromatic nitrogens is 2. The first kappa shape index (κ1) is 17.8. The number of pyridine rings is 1. The Labute approximate surface area is 166 Å². The van der Waals surface area contributed by atoms with Crippen LogP contribution in [-0.4, -0.2) is 39.8 Å². The second-order valence-electron chi connectivity index (χ2n) is 8.05. The number of anilines is 1. The summed E-state index contributed by atoms with van der Waals surface area (Å²) in [6, 6.07) is 2.39. The maximum Gasteiger partial charge on any atom is 0.328 e. The molecule has 2 aromatic heterocycles. The van der Waals surface area contributed by atoms with Crippen molar-refractivity contribution in [1.82, 2.24) is 20.0 Å². The monoisotopic (exact) mass is 395 g/mol. The Morgan fingerprint density at radius 3 is 2.62 bits per heavy atom. The second kappa shape index (κ2) is 6.13. The van der Waals surface area contributed by atoms with Gasteiger partial charge in [0.1, 0.15) is 11.5 Å². The molecule has 0 bridgehead atoms. The van der Waals surface area contributed by atoms with Gasteiger partial charge in [-0.05, 0) is 31.4 Å². The first-order valence-corrected chi connectivity index (χ1v) is 9.88. The molecule has 0 aromatic carbocycles. The molecule has 2 fully saturated rings. The molecule has 2 N–H and O–H groups in total. The molecule has 150 valence electrons. The lowest BCUT2D eigenvalue weighted by Crippen LogP contribution is -2.71. The van der Waals surface area contributed by atoms with Crippen molar-refractivity contribution in [1.29, 1.82) is 0 Å². The molecule has 5 rings (SSSR count). The number of urea groups is 1. The second-order valence-corrected chi connectivity index (χ2v) is 8.05. The molecule has 3 aliphatic rings. The van der Waals surface area contributed by atoms with Crippen molar-refractivity contribution in [2.75, 3.05) is 11.4 Å². The lowest BCUT2D eigenvalue weighted by molar-refractivity contribution is -0.146. The molecule has 29 heavy (non-hydrogen) atoms. The maximum absolute atomic E-state index is 13.4. The van der Waals surface area contributed by atoms with E-state index in [1.807, 2.05) is 17.9 Å². The molecule has 1 atom stereocenters. The van der Waals surface area contributed by atoms with Gasteiger partial charge in [0, 0.05) is 19.2 Å². The van der Waals surface area contributed by atoms with Crippen molar-refractivity contribution in [2.45, 2.75) is 45.1 Å². The van der Waals surface area contributed by atoms with Crippen molar-refractivity contribution >= 4 is 29.3 Å². The Morgan fingerprint density at radius 1 is 1.10 bits per heavy atom. The van der Waals surface area contributed by atoms with Crippen LogP contribution in [-0.2, 0) is 16.0 Å². The van der Waals surface area contributed by atoms with Crippen molar-refractivity contribution in [3.63, 3.8) is 0 Å². The minimum atomic E-state index is -1.52. The van der Waals surface area contributed by atoms with Crippen LogP contribution in [0.4, 0.5) is 10.6 Å². The van der Waals surface area contributed by atoms with Crippen LogP contribution in [0.15, 0.2) is 23.1 Å². The van der Waals surface area contributed by atoms with E-state index >= 15 is 0 Å². The molecule has 2 saturated heterocycles. The predicted octanol–water partition coefficient (Wildman–Crippen LogP) is 0.660. The largest absolute Gasteiger partial charge is 0.352 e. The van der Waals surface area contributed by atoms with Gasteiger partial charge in [-0.1, -0.05) is 18.9 Å². The number of fused-ring (bicyclic) bond motifs is 5. The summed E-state index contributed by atoms with van der Waals surface area (Å²) in [7, 11) is 0. The Hall–Kier alpha value is -3.23.